The average molecular weight is 250 g/mol. The molecule has 2 rings (SSSR count). The fraction of sp³-hybridized carbons (Fsp3) is 0.462. The fourth-order valence-corrected chi connectivity index (χ4v) is 1.97. The summed E-state index contributed by atoms with van der Waals surface area (Å²) in [5.41, 5.74) is 6.18. The number of nitrogens with one attached hydrogen (secondary N) is 1. The lowest BCUT2D eigenvalue weighted by atomic mass is 10.0. The number of phenols is 1. The lowest BCUT2D eigenvalue weighted by Crippen LogP contribution is -2.32. The van der Waals surface area contributed by atoms with Crippen LogP contribution in [0.3, 0.4) is 0 Å². The second kappa shape index (κ2) is 5.73. The Morgan fingerprint density at radius 3 is 2.83 bits per heavy atom. The van der Waals surface area contributed by atoms with Gasteiger partial charge < -0.3 is 20.9 Å². The highest BCUT2D eigenvalue weighted by atomic mass is 16.5. The quantitative estimate of drug-likeness (QED) is 0.554. The third-order valence-electron chi connectivity index (χ3n) is 3.18. The molecule has 5 heteroatoms. The topological polar surface area (TPSA) is 84.6 Å². The molecule has 18 heavy (non-hydrogen) atoms. The summed E-state index contributed by atoms with van der Waals surface area (Å²) >= 11 is 0. The molecule has 0 spiro atoms. The van der Waals surface area contributed by atoms with E-state index in [9.17, 15) is 9.90 Å². The molecule has 5 nitrogen and oxygen atoms in total. The van der Waals surface area contributed by atoms with Crippen LogP contribution in [-0.4, -0.2) is 30.8 Å². The van der Waals surface area contributed by atoms with Gasteiger partial charge in [0, 0.05) is 25.3 Å². The molecule has 1 aromatic rings. The van der Waals surface area contributed by atoms with E-state index in [0.29, 0.717) is 18.0 Å². The third-order valence-corrected chi connectivity index (χ3v) is 3.18. The smallest absolute Gasteiger partial charge is 0.251 e. The number of ether oxygens (including phenoxy) is 1. The van der Waals surface area contributed by atoms with E-state index < -0.39 is 0 Å². The summed E-state index contributed by atoms with van der Waals surface area (Å²) in [6.07, 6.45) is 1.96. The largest absolute Gasteiger partial charge is 0.506 e. The second-order valence-corrected chi connectivity index (χ2v) is 4.54. The first-order valence-corrected chi connectivity index (χ1v) is 6.11. The zero-order valence-corrected chi connectivity index (χ0v) is 10.2. The van der Waals surface area contributed by atoms with Gasteiger partial charge in [0.05, 0.1) is 5.69 Å². The summed E-state index contributed by atoms with van der Waals surface area (Å²) in [6.45, 7) is 2.18. The molecule has 0 atom stereocenters. The van der Waals surface area contributed by atoms with E-state index in [1.165, 1.54) is 12.1 Å². The van der Waals surface area contributed by atoms with Crippen LogP contribution in [0.1, 0.15) is 23.2 Å². The Bertz CT molecular complexity index is 428. The Morgan fingerprint density at radius 2 is 2.17 bits per heavy atom. The third kappa shape index (κ3) is 3.13. The molecule has 0 aliphatic carbocycles. The van der Waals surface area contributed by atoms with Crippen LogP contribution in [0.15, 0.2) is 18.2 Å². The van der Waals surface area contributed by atoms with Gasteiger partial charge in [0.15, 0.2) is 0 Å². The predicted octanol–water partition coefficient (Wildman–Crippen LogP) is 1.13. The van der Waals surface area contributed by atoms with Crippen molar-refractivity contribution in [3.8, 4) is 5.75 Å². The van der Waals surface area contributed by atoms with Crippen LogP contribution in [0.25, 0.3) is 0 Å². The van der Waals surface area contributed by atoms with Crippen LogP contribution in [0.5, 0.6) is 5.75 Å². The lowest BCUT2D eigenvalue weighted by Gasteiger charge is -2.22. The number of nitrogens with two attached hydrogens (primary N) is 1. The SMILES string of the molecule is Nc1ccc(C(=O)NCC2CCOCC2)cc1O. The molecule has 0 bridgehead atoms. The van der Waals surface area contributed by atoms with Crippen LogP contribution in [0.2, 0.25) is 0 Å². The maximum Gasteiger partial charge on any atom is 0.251 e. The number of benzene rings is 1. The van der Waals surface area contributed by atoms with Gasteiger partial charge in [0.1, 0.15) is 5.75 Å². The molecule has 4 N–H and O–H groups in total. The van der Waals surface area contributed by atoms with Crippen molar-refractivity contribution in [2.45, 2.75) is 12.8 Å². The van der Waals surface area contributed by atoms with E-state index in [-0.39, 0.29) is 17.3 Å². The van der Waals surface area contributed by atoms with Crippen molar-refractivity contribution in [3.63, 3.8) is 0 Å². The molecule has 0 aromatic heterocycles. The molecule has 1 aliphatic rings. The van der Waals surface area contributed by atoms with Crippen molar-refractivity contribution in [2.24, 2.45) is 5.92 Å². The monoisotopic (exact) mass is 250 g/mol. The second-order valence-electron chi connectivity index (χ2n) is 4.54. The zero-order valence-electron chi connectivity index (χ0n) is 10.2. The summed E-state index contributed by atoms with van der Waals surface area (Å²) < 4.78 is 5.26. The van der Waals surface area contributed by atoms with E-state index in [4.69, 9.17) is 10.5 Å². The van der Waals surface area contributed by atoms with Crippen molar-refractivity contribution in [1.29, 1.82) is 0 Å². The van der Waals surface area contributed by atoms with Gasteiger partial charge in [-0.15, -0.1) is 0 Å². The van der Waals surface area contributed by atoms with Crippen LogP contribution in [-0.2, 0) is 4.74 Å². The fourth-order valence-electron chi connectivity index (χ4n) is 1.97. The summed E-state index contributed by atoms with van der Waals surface area (Å²) in [6, 6.07) is 4.52. The van der Waals surface area contributed by atoms with Gasteiger partial charge in [0.25, 0.3) is 5.91 Å². The Hall–Kier alpha value is -1.75. The summed E-state index contributed by atoms with van der Waals surface area (Å²) in [5.74, 6) is 0.232. The van der Waals surface area contributed by atoms with E-state index in [0.717, 1.165) is 26.1 Å². The van der Waals surface area contributed by atoms with Gasteiger partial charge in [-0.05, 0) is 37.0 Å². The Kier molecular flexibility index (Phi) is 4.04. The van der Waals surface area contributed by atoms with Gasteiger partial charge in [0.2, 0.25) is 0 Å². The van der Waals surface area contributed by atoms with E-state index in [1.54, 1.807) is 6.07 Å². The molecule has 1 amide bonds. The minimum Gasteiger partial charge on any atom is -0.506 e. The van der Waals surface area contributed by atoms with Gasteiger partial charge in [-0.1, -0.05) is 0 Å². The van der Waals surface area contributed by atoms with E-state index in [1.807, 2.05) is 0 Å². The van der Waals surface area contributed by atoms with Crippen molar-refractivity contribution >= 4 is 11.6 Å². The number of rotatable bonds is 3. The number of phenolic OH excluding ortho intramolecular Hbond substituents is 1. The van der Waals surface area contributed by atoms with Crippen LogP contribution in [0, 0.1) is 5.92 Å². The van der Waals surface area contributed by atoms with Crippen molar-refractivity contribution < 1.29 is 14.6 Å². The molecule has 1 saturated heterocycles. The summed E-state index contributed by atoms with van der Waals surface area (Å²) in [5, 5.41) is 12.3. The molecule has 1 heterocycles. The number of aromatic hydroxyl groups is 1. The van der Waals surface area contributed by atoms with Gasteiger partial charge in [-0.2, -0.15) is 0 Å². The number of hydrogen-bond donors (Lipinski definition) is 3. The molecular formula is C13H18N2O3. The maximum absolute atomic E-state index is 11.9. The number of carbonyl (C=O) groups is 1. The Balaban J connectivity index is 1.88. The van der Waals surface area contributed by atoms with Crippen molar-refractivity contribution in [1.82, 2.24) is 5.32 Å². The Morgan fingerprint density at radius 1 is 1.44 bits per heavy atom. The molecule has 0 unspecified atom stereocenters. The predicted molar refractivity (Wildman–Crippen MR) is 68.4 cm³/mol. The van der Waals surface area contributed by atoms with Crippen molar-refractivity contribution in [2.75, 3.05) is 25.5 Å². The molecule has 98 valence electrons. The first kappa shape index (κ1) is 12.7. The van der Waals surface area contributed by atoms with Crippen molar-refractivity contribution in [3.05, 3.63) is 23.8 Å². The lowest BCUT2D eigenvalue weighted by molar-refractivity contribution is 0.0642. The highest BCUT2D eigenvalue weighted by Gasteiger charge is 2.15. The molecule has 0 saturated carbocycles. The van der Waals surface area contributed by atoms with Gasteiger partial charge in [-0.25, -0.2) is 0 Å². The number of anilines is 1. The number of carbonyl (C=O) groups excluding carboxylic acids is 1. The molecular weight excluding hydrogens is 232 g/mol. The maximum atomic E-state index is 11.9. The minimum absolute atomic E-state index is 0.0614. The Labute approximate surface area is 106 Å². The zero-order chi connectivity index (χ0) is 13.0. The molecule has 1 aliphatic heterocycles. The number of hydrogen-bond acceptors (Lipinski definition) is 4. The van der Waals surface area contributed by atoms with Crippen LogP contribution < -0.4 is 11.1 Å². The average Bonchev–Trinajstić information content (AvgIpc) is 2.40. The van der Waals surface area contributed by atoms with Gasteiger partial charge in [-0.3, -0.25) is 4.79 Å². The number of nitrogen functional groups attached to an aromatic ring is 1. The van der Waals surface area contributed by atoms with Crippen LogP contribution >= 0.6 is 0 Å². The highest BCUT2D eigenvalue weighted by Crippen LogP contribution is 2.20. The molecule has 1 fully saturated rings. The first-order valence-electron chi connectivity index (χ1n) is 6.11. The highest BCUT2D eigenvalue weighted by molar-refractivity contribution is 5.95. The molecule has 1 aromatic carbocycles. The van der Waals surface area contributed by atoms with E-state index >= 15 is 0 Å². The standard InChI is InChI=1S/C13H18N2O3/c14-11-2-1-10(7-12(11)16)13(17)15-8-9-3-5-18-6-4-9/h1-2,7,9,16H,3-6,8,14H2,(H,15,17). The minimum atomic E-state index is -0.184. The van der Waals surface area contributed by atoms with E-state index in [2.05, 4.69) is 5.32 Å². The summed E-state index contributed by atoms with van der Waals surface area (Å²) in [7, 11) is 0. The van der Waals surface area contributed by atoms with Gasteiger partial charge >= 0.3 is 0 Å². The normalized spacial score (nSPS) is 16.4. The number of amides is 1. The first-order chi connectivity index (χ1) is 8.66. The van der Waals surface area contributed by atoms with Crippen LogP contribution in [0.4, 0.5) is 5.69 Å². The summed E-state index contributed by atoms with van der Waals surface area (Å²) in [4.78, 5) is 11.9. The molecule has 0 radical (unpaired) electrons.